The zero-order valence-corrected chi connectivity index (χ0v) is 13.6. The fraction of sp³-hybridized carbons (Fsp3) is 0.789. The predicted molar refractivity (Wildman–Crippen MR) is 88.5 cm³/mol. The maximum absolute atomic E-state index is 3.70. The first-order valence-electron chi connectivity index (χ1n) is 9.02. The Kier molecular flexibility index (Phi) is 6.69. The molecule has 1 aromatic heterocycles. The van der Waals surface area contributed by atoms with Crippen molar-refractivity contribution in [3.8, 4) is 0 Å². The molecule has 2 rings (SSSR count). The number of aromatic amines is 1. The lowest BCUT2D eigenvalue weighted by molar-refractivity contribution is 0.545. The Bertz CT molecular complexity index is 354. The number of H-pyrrole nitrogens is 1. The van der Waals surface area contributed by atoms with Crippen LogP contribution in [0, 0.1) is 0 Å². The third-order valence-electron chi connectivity index (χ3n) is 4.91. The third-order valence-corrected chi connectivity index (χ3v) is 4.91. The van der Waals surface area contributed by atoms with Crippen LogP contribution in [0.2, 0.25) is 0 Å². The van der Waals surface area contributed by atoms with Crippen LogP contribution in [0.15, 0.2) is 6.07 Å². The van der Waals surface area contributed by atoms with Crippen LogP contribution in [-0.2, 0) is 12.8 Å². The van der Waals surface area contributed by atoms with Gasteiger partial charge >= 0.3 is 0 Å². The number of fused-ring (bicyclic) bond motifs is 1. The molecule has 1 aliphatic rings. The van der Waals surface area contributed by atoms with Crippen molar-refractivity contribution in [2.45, 2.75) is 96.8 Å². The second-order valence-electron chi connectivity index (χ2n) is 6.75. The topological polar surface area (TPSA) is 15.8 Å². The molecule has 0 aliphatic heterocycles. The van der Waals surface area contributed by atoms with E-state index in [-0.39, 0.29) is 0 Å². The summed E-state index contributed by atoms with van der Waals surface area (Å²) in [7, 11) is 0. The molecule has 0 saturated carbocycles. The van der Waals surface area contributed by atoms with Gasteiger partial charge in [0.15, 0.2) is 0 Å². The minimum absolute atomic E-state index is 0.719. The van der Waals surface area contributed by atoms with Gasteiger partial charge in [-0.15, -0.1) is 0 Å². The molecule has 114 valence electrons. The van der Waals surface area contributed by atoms with Crippen LogP contribution in [0.5, 0.6) is 0 Å². The predicted octanol–water partition coefficient (Wildman–Crippen LogP) is 6.14. The number of hydrogen-bond donors (Lipinski definition) is 1. The van der Waals surface area contributed by atoms with E-state index in [4.69, 9.17) is 0 Å². The monoisotopic (exact) mass is 275 g/mol. The molecule has 1 aliphatic carbocycles. The summed E-state index contributed by atoms with van der Waals surface area (Å²) in [6.45, 7) is 4.69. The highest BCUT2D eigenvalue weighted by molar-refractivity contribution is 5.29. The molecule has 1 N–H and O–H groups in total. The summed E-state index contributed by atoms with van der Waals surface area (Å²) < 4.78 is 0. The Labute approximate surface area is 125 Å². The molecule has 1 heteroatoms. The van der Waals surface area contributed by atoms with Gasteiger partial charge in [-0.25, -0.2) is 0 Å². The van der Waals surface area contributed by atoms with Crippen molar-refractivity contribution in [3.05, 3.63) is 23.0 Å². The first-order chi connectivity index (χ1) is 9.81. The summed E-state index contributed by atoms with van der Waals surface area (Å²) in [6, 6.07) is 2.46. The molecule has 0 saturated heterocycles. The average Bonchev–Trinajstić information content (AvgIpc) is 2.90. The summed E-state index contributed by atoms with van der Waals surface area (Å²) in [4.78, 5) is 3.70. The van der Waals surface area contributed by atoms with Crippen molar-refractivity contribution in [1.29, 1.82) is 0 Å². The number of aryl methyl sites for hydroxylation is 2. The molecule has 1 aromatic rings. The summed E-state index contributed by atoms with van der Waals surface area (Å²) >= 11 is 0. The fourth-order valence-corrected chi connectivity index (χ4v) is 3.46. The van der Waals surface area contributed by atoms with Crippen LogP contribution in [0.3, 0.4) is 0 Å². The number of aromatic nitrogens is 1. The summed E-state index contributed by atoms with van der Waals surface area (Å²) in [6.07, 6.45) is 16.6. The SMILES string of the molecule is CCCCCCCCCC(C)c1cc2c([nH]1)CCCC2. The zero-order chi connectivity index (χ0) is 14.2. The van der Waals surface area contributed by atoms with Gasteiger partial charge in [0.05, 0.1) is 0 Å². The lowest BCUT2D eigenvalue weighted by Gasteiger charge is -2.10. The molecule has 20 heavy (non-hydrogen) atoms. The highest BCUT2D eigenvalue weighted by Gasteiger charge is 2.15. The van der Waals surface area contributed by atoms with Crippen LogP contribution < -0.4 is 0 Å². The van der Waals surface area contributed by atoms with E-state index in [9.17, 15) is 0 Å². The average molecular weight is 275 g/mol. The van der Waals surface area contributed by atoms with Crippen molar-refractivity contribution in [2.75, 3.05) is 0 Å². The van der Waals surface area contributed by atoms with Gasteiger partial charge in [-0.05, 0) is 49.7 Å². The zero-order valence-electron chi connectivity index (χ0n) is 13.6. The lowest BCUT2D eigenvalue weighted by atomic mass is 9.96. The second kappa shape index (κ2) is 8.54. The number of hydrogen-bond acceptors (Lipinski definition) is 0. The van der Waals surface area contributed by atoms with Gasteiger partial charge in [0, 0.05) is 11.4 Å². The van der Waals surface area contributed by atoms with Gasteiger partial charge in [-0.2, -0.15) is 0 Å². The number of unbranched alkanes of at least 4 members (excludes halogenated alkanes) is 6. The van der Waals surface area contributed by atoms with Crippen LogP contribution >= 0.6 is 0 Å². The van der Waals surface area contributed by atoms with Crippen LogP contribution in [0.1, 0.15) is 101 Å². The molecule has 0 spiro atoms. The molecule has 0 aromatic carbocycles. The van der Waals surface area contributed by atoms with Crippen molar-refractivity contribution in [1.82, 2.24) is 4.98 Å². The van der Waals surface area contributed by atoms with E-state index in [1.807, 2.05) is 0 Å². The van der Waals surface area contributed by atoms with Crippen LogP contribution in [0.4, 0.5) is 0 Å². The summed E-state index contributed by atoms with van der Waals surface area (Å²) in [5.41, 5.74) is 4.65. The largest absolute Gasteiger partial charge is 0.362 e. The molecule has 1 heterocycles. The van der Waals surface area contributed by atoms with Gasteiger partial charge in [0.25, 0.3) is 0 Å². The maximum atomic E-state index is 3.70. The summed E-state index contributed by atoms with van der Waals surface area (Å²) in [5, 5.41) is 0. The maximum Gasteiger partial charge on any atom is 0.0181 e. The van der Waals surface area contributed by atoms with E-state index in [0.717, 1.165) is 5.92 Å². The molecular formula is C19H33N. The first kappa shape index (κ1) is 15.7. The van der Waals surface area contributed by atoms with Crippen molar-refractivity contribution in [3.63, 3.8) is 0 Å². The smallest absolute Gasteiger partial charge is 0.0181 e. The third kappa shape index (κ3) is 4.68. The lowest BCUT2D eigenvalue weighted by Crippen LogP contribution is -1.99. The van der Waals surface area contributed by atoms with Crippen molar-refractivity contribution >= 4 is 0 Å². The van der Waals surface area contributed by atoms with Gasteiger partial charge in [-0.1, -0.05) is 58.8 Å². The van der Waals surface area contributed by atoms with Gasteiger partial charge < -0.3 is 4.98 Å². The minimum Gasteiger partial charge on any atom is -0.362 e. The molecular weight excluding hydrogens is 242 g/mol. The van der Waals surface area contributed by atoms with Crippen LogP contribution in [0.25, 0.3) is 0 Å². The standard InChI is InChI=1S/C19H33N/c1-3-4-5-6-7-8-9-12-16(2)19-15-17-13-10-11-14-18(17)20-19/h15-16,20H,3-14H2,1-2H3. The first-order valence-corrected chi connectivity index (χ1v) is 9.02. The van der Waals surface area contributed by atoms with Crippen molar-refractivity contribution < 1.29 is 0 Å². The van der Waals surface area contributed by atoms with Gasteiger partial charge in [0.1, 0.15) is 0 Å². The molecule has 0 bridgehead atoms. The Morgan fingerprint density at radius 3 is 2.45 bits per heavy atom. The van der Waals surface area contributed by atoms with Crippen LogP contribution in [-0.4, -0.2) is 4.98 Å². The van der Waals surface area contributed by atoms with Gasteiger partial charge in [-0.3, -0.25) is 0 Å². The van der Waals surface area contributed by atoms with E-state index in [1.165, 1.54) is 88.4 Å². The normalized spacial score (nSPS) is 16.1. The number of rotatable bonds is 9. The second-order valence-corrected chi connectivity index (χ2v) is 6.75. The van der Waals surface area contributed by atoms with Gasteiger partial charge in [0.2, 0.25) is 0 Å². The van der Waals surface area contributed by atoms with E-state index in [2.05, 4.69) is 24.9 Å². The van der Waals surface area contributed by atoms with Crippen molar-refractivity contribution in [2.24, 2.45) is 0 Å². The molecule has 1 atom stereocenters. The minimum atomic E-state index is 0.719. The van der Waals surface area contributed by atoms with E-state index < -0.39 is 0 Å². The molecule has 1 unspecified atom stereocenters. The molecule has 1 nitrogen and oxygen atoms in total. The Morgan fingerprint density at radius 1 is 1.00 bits per heavy atom. The fourth-order valence-electron chi connectivity index (χ4n) is 3.46. The Morgan fingerprint density at radius 2 is 1.70 bits per heavy atom. The highest BCUT2D eigenvalue weighted by Crippen LogP contribution is 2.28. The molecule has 0 radical (unpaired) electrons. The molecule has 0 amide bonds. The van der Waals surface area contributed by atoms with E-state index in [0.29, 0.717) is 0 Å². The number of nitrogens with one attached hydrogen (secondary N) is 1. The molecule has 0 fully saturated rings. The Hall–Kier alpha value is -0.720. The Balaban J connectivity index is 1.64. The van der Waals surface area contributed by atoms with E-state index >= 15 is 0 Å². The quantitative estimate of drug-likeness (QED) is 0.521. The highest BCUT2D eigenvalue weighted by atomic mass is 14.7. The summed E-state index contributed by atoms with van der Waals surface area (Å²) in [5.74, 6) is 0.719. The van der Waals surface area contributed by atoms with E-state index in [1.54, 1.807) is 5.56 Å².